The SMILES string of the molecule is CSCCCCNc1ccc2c(c1)OCO2. The summed E-state index contributed by atoms with van der Waals surface area (Å²) in [5.41, 5.74) is 1.11. The Labute approximate surface area is 101 Å². The van der Waals surface area contributed by atoms with Crippen LogP contribution < -0.4 is 14.8 Å². The normalized spacial score (nSPS) is 12.8. The van der Waals surface area contributed by atoms with Gasteiger partial charge in [0.25, 0.3) is 0 Å². The molecule has 0 aliphatic carbocycles. The number of unbranched alkanes of at least 4 members (excludes halogenated alkanes) is 1. The summed E-state index contributed by atoms with van der Waals surface area (Å²) in [7, 11) is 0. The van der Waals surface area contributed by atoms with Crippen molar-refractivity contribution in [3.63, 3.8) is 0 Å². The van der Waals surface area contributed by atoms with Gasteiger partial charge in [-0.2, -0.15) is 11.8 Å². The Hall–Kier alpha value is -1.03. The molecule has 0 aromatic heterocycles. The number of thioether (sulfide) groups is 1. The molecule has 1 aliphatic rings. The molecule has 3 nitrogen and oxygen atoms in total. The Morgan fingerprint density at radius 1 is 1.25 bits per heavy atom. The van der Waals surface area contributed by atoms with E-state index in [1.54, 1.807) is 0 Å². The van der Waals surface area contributed by atoms with Crippen molar-refractivity contribution in [2.45, 2.75) is 12.8 Å². The molecule has 1 N–H and O–H groups in total. The Balaban J connectivity index is 1.77. The standard InChI is InChI=1S/C12H17NO2S/c1-16-7-3-2-6-13-10-4-5-11-12(8-10)15-9-14-11/h4-5,8,13H,2-3,6-7,9H2,1H3. The van der Waals surface area contributed by atoms with Crippen LogP contribution >= 0.6 is 11.8 Å². The topological polar surface area (TPSA) is 30.5 Å². The van der Waals surface area contributed by atoms with Crippen LogP contribution in [0.25, 0.3) is 0 Å². The minimum atomic E-state index is 0.340. The highest BCUT2D eigenvalue weighted by molar-refractivity contribution is 7.98. The third-order valence-corrected chi connectivity index (χ3v) is 3.17. The first-order chi connectivity index (χ1) is 7.90. The van der Waals surface area contributed by atoms with E-state index in [-0.39, 0.29) is 0 Å². The highest BCUT2D eigenvalue weighted by Gasteiger charge is 2.12. The van der Waals surface area contributed by atoms with Gasteiger partial charge in [-0.1, -0.05) is 0 Å². The van der Waals surface area contributed by atoms with E-state index < -0.39 is 0 Å². The van der Waals surface area contributed by atoms with Crippen molar-refractivity contribution in [3.8, 4) is 11.5 Å². The van der Waals surface area contributed by atoms with Crippen LogP contribution in [0.5, 0.6) is 11.5 Å². The van der Waals surface area contributed by atoms with Crippen molar-refractivity contribution in [1.29, 1.82) is 0 Å². The van der Waals surface area contributed by atoms with E-state index in [9.17, 15) is 0 Å². The molecular formula is C12H17NO2S. The molecule has 0 saturated heterocycles. The lowest BCUT2D eigenvalue weighted by molar-refractivity contribution is 0.174. The quantitative estimate of drug-likeness (QED) is 0.773. The molecule has 2 rings (SSSR count). The van der Waals surface area contributed by atoms with Crippen molar-refractivity contribution >= 4 is 17.4 Å². The summed E-state index contributed by atoms with van der Waals surface area (Å²) in [6.45, 7) is 1.35. The van der Waals surface area contributed by atoms with Crippen LogP contribution in [0.3, 0.4) is 0 Å². The van der Waals surface area contributed by atoms with Gasteiger partial charge < -0.3 is 14.8 Å². The van der Waals surface area contributed by atoms with Crippen LogP contribution in [-0.2, 0) is 0 Å². The first kappa shape index (κ1) is 11.5. The first-order valence-electron chi connectivity index (χ1n) is 5.52. The lowest BCUT2D eigenvalue weighted by atomic mass is 10.2. The van der Waals surface area contributed by atoms with Crippen molar-refractivity contribution in [3.05, 3.63) is 18.2 Å². The summed E-state index contributed by atoms with van der Waals surface area (Å²) in [5.74, 6) is 2.92. The van der Waals surface area contributed by atoms with Crippen LogP contribution in [0.4, 0.5) is 5.69 Å². The molecular weight excluding hydrogens is 222 g/mol. The zero-order valence-corrected chi connectivity index (χ0v) is 10.3. The van der Waals surface area contributed by atoms with Gasteiger partial charge in [0.2, 0.25) is 6.79 Å². The summed E-state index contributed by atoms with van der Waals surface area (Å²) < 4.78 is 10.6. The molecule has 1 heterocycles. The van der Waals surface area contributed by atoms with Crippen LogP contribution in [0, 0.1) is 0 Å². The number of hydrogen-bond donors (Lipinski definition) is 1. The number of benzene rings is 1. The average molecular weight is 239 g/mol. The van der Waals surface area contributed by atoms with Gasteiger partial charge in [-0.15, -0.1) is 0 Å². The lowest BCUT2D eigenvalue weighted by Gasteiger charge is -2.06. The van der Waals surface area contributed by atoms with E-state index in [4.69, 9.17) is 9.47 Å². The minimum Gasteiger partial charge on any atom is -0.454 e. The van der Waals surface area contributed by atoms with Gasteiger partial charge in [0, 0.05) is 18.3 Å². The molecule has 0 saturated carbocycles. The second kappa shape index (κ2) is 5.89. The third-order valence-electron chi connectivity index (χ3n) is 2.48. The molecule has 1 aromatic rings. The van der Waals surface area contributed by atoms with Crippen molar-refractivity contribution in [2.24, 2.45) is 0 Å². The molecule has 88 valence electrons. The van der Waals surface area contributed by atoms with Gasteiger partial charge in [-0.3, -0.25) is 0 Å². The summed E-state index contributed by atoms with van der Waals surface area (Å²) in [6, 6.07) is 5.98. The van der Waals surface area contributed by atoms with Crippen molar-refractivity contribution in [2.75, 3.05) is 30.7 Å². The number of fused-ring (bicyclic) bond motifs is 1. The van der Waals surface area contributed by atoms with Crippen LogP contribution in [-0.4, -0.2) is 25.3 Å². The van der Waals surface area contributed by atoms with E-state index in [1.165, 1.54) is 18.6 Å². The Morgan fingerprint density at radius 2 is 2.12 bits per heavy atom. The van der Waals surface area contributed by atoms with E-state index in [1.807, 2.05) is 30.0 Å². The monoisotopic (exact) mass is 239 g/mol. The predicted octanol–water partition coefficient (Wildman–Crippen LogP) is 2.97. The smallest absolute Gasteiger partial charge is 0.231 e. The van der Waals surface area contributed by atoms with Gasteiger partial charge in [0.05, 0.1) is 0 Å². The van der Waals surface area contributed by atoms with Gasteiger partial charge in [-0.05, 0) is 37.0 Å². The highest BCUT2D eigenvalue weighted by Crippen LogP contribution is 2.34. The molecule has 1 aliphatic heterocycles. The third kappa shape index (κ3) is 2.98. The minimum absolute atomic E-state index is 0.340. The zero-order chi connectivity index (χ0) is 11.2. The predicted molar refractivity (Wildman–Crippen MR) is 68.7 cm³/mol. The Kier molecular flexibility index (Phi) is 4.22. The molecule has 1 aromatic carbocycles. The summed E-state index contributed by atoms with van der Waals surface area (Å²) in [5, 5.41) is 3.39. The largest absolute Gasteiger partial charge is 0.454 e. The highest BCUT2D eigenvalue weighted by atomic mass is 32.2. The summed E-state index contributed by atoms with van der Waals surface area (Å²) in [6.07, 6.45) is 4.61. The summed E-state index contributed by atoms with van der Waals surface area (Å²) >= 11 is 1.90. The second-order valence-corrected chi connectivity index (χ2v) is 4.68. The van der Waals surface area contributed by atoms with Crippen LogP contribution in [0.2, 0.25) is 0 Å². The van der Waals surface area contributed by atoms with Gasteiger partial charge in [-0.25, -0.2) is 0 Å². The van der Waals surface area contributed by atoms with E-state index in [0.29, 0.717) is 6.79 Å². The molecule has 0 bridgehead atoms. The van der Waals surface area contributed by atoms with Crippen LogP contribution in [0.15, 0.2) is 18.2 Å². The number of rotatable bonds is 6. The van der Waals surface area contributed by atoms with Crippen molar-refractivity contribution < 1.29 is 9.47 Å². The fraction of sp³-hybridized carbons (Fsp3) is 0.500. The molecule has 0 spiro atoms. The maximum absolute atomic E-state index is 5.32. The van der Waals surface area contributed by atoms with Gasteiger partial charge in [0.1, 0.15) is 0 Å². The zero-order valence-electron chi connectivity index (χ0n) is 9.49. The van der Waals surface area contributed by atoms with E-state index in [0.717, 1.165) is 23.7 Å². The average Bonchev–Trinajstić information content (AvgIpc) is 2.76. The maximum atomic E-state index is 5.32. The number of hydrogen-bond acceptors (Lipinski definition) is 4. The summed E-state index contributed by atoms with van der Waals surface area (Å²) in [4.78, 5) is 0. The lowest BCUT2D eigenvalue weighted by Crippen LogP contribution is -2.01. The van der Waals surface area contributed by atoms with Crippen LogP contribution in [0.1, 0.15) is 12.8 Å². The number of nitrogens with one attached hydrogen (secondary N) is 1. The number of ether oxygens (including phenoxy) is 2. The van der Waals surface area contributed by atoms with Gasteiger partial charge in [0.15, 0.2) is 11.5 Å². The number of anilines is 1. The van der Waals surface area contributed by atoms with Gasteiger partial charge >= 0.3 is 0 Å². The fourth-order valence-electron chi connectivity index (χ4n) is 1.61. The van der Waals surface area contributed by atoms with Crippen molar-refractivity contribution in [1.82, 2.24) is 0 Å². The van der Waals surface area contributed by atoms with E-state index >= 15 is 0 Å². The molecule has 0 amide bonds. The molecule has 0 atom stereocenters. The molecule has 0 fully saturated rings. The molecule has 4 heteroatoms. The van der Waals surface area contributed by atoms with E-state index in [2.05, 4.69) is 11.6 Å². The molecule has 0 radical (unpaired) electrons. The first-order valence-corrected chi connectivity index (χ1v) is 6.92. The maximum Gasteiger partial charge on any atom is 0.231 e. The molecule has 0 unspecified atom stereocenters. The second-order valence-electron chi connectivity index (χ2n) is 3.69. The fourth-order valence-corrected chi connectivity index (χ4v) is 2.10. The molecule has 16 heavy (non-hydrogen) atoms. The Morgan fingerprint density at radius 3 is 3.00 bits per heavy atom. The Bertz CT molecular complexity index is 344.